The van der Waals surface area contributed by atoms with Crippen molar-refractivity contribution in [3.63, 3.8) is 0 Å². The topological polar surface area (TPSA) is 52.6 Å². The Morgan fingerprint density at radius 2 is 1.81 bits per heavy atom. The maximum absolute atomic E-state index is 12.0. The number of hydrogen-bond donors (Lipinski definition) is 0. The first-order chi connectivity index (χ1) is 14.7. The van der Waals surface area contributed by atoms with E-state index in [0.717, 1.165) is 37.7 Å². The molecule has 4 nitrogen and oxygen atoms in total. The zero-order valence-corrected chi connectivity index (χ0v) is 19.8. The molecule has 0 aromatic rings. The molecule has 4 rings (SSSR count). The van der Waals surface area contributed by atoms with Crippen LogP contribution in [0.4, 0.5) is 0 Å². The standard InChI is InChI=1S/C27H38O4/c1-6-30-25(29)15-17(2)22-9-10-23-21-8-7-19-16-20(31-18(3)28)11-13-26(19,4)24(21)12-14-27(22,23)5/h7,9,15,20-21,23-24H,6,8,10-14,16H2,1-5H3. The summed E-state index contributed by atoms with van der Waals surface area (Å²) >= 11 is 0. The van der Waals surface area contributed by atoms with Gasteiger partial charge in [0.05, 0.1) is 6.61 Å². The molecule has 4 aliphatic carbocycles. The van der Waals surface area contributed by atoms with Crippen molar-refractivity contribution in [3.05, 3.63) is 34.9 Å². The fraction of sp³-hybridized carbons (Fsp3) is 0.704. The average molecular weight is 427 g/mol. The van der Waals surface area contributed by atoms with Crippen molar-refractivity contribution in [2.75, 3.05) is 6.61 Å². The Morgan fingerprint density at radius 1 is 1.06 bits per heavy atom. The number of carbonyl (C=O) groups is 2. The van der Waals surface area contributed by atoms with Gasteiger partial charge < -0.3 is 9.47 Å². The molecule has 6 unspecified atom stereocenters. The van der Waals surface area contributed by atoms with Crippen LogP contribution in [0.2, 0.25) is 0 Å². The second-order valence-electron chi connectivity index (χ2n) is 10.6. The summed E-state index contributed by atoms with van der Waals surface area (Å²) in [5.74, 6) is 1.62. The van der Waals surface area contributed by atoms with Gasteiger partial charge in [-0.25, -0.2) is 4.79 Å². The summed E-state index contributed by atoms with van der Waals surface area (Å²) in [6, 6.07) is 0. The number of allylic oxidation sites excluding steroid dienone is 4. The van der Waals surface area contributed by atoms with Gasteiger partial charge in [0.1, 0.15) is 6.10 Å². The SMILES string of the molecule is CCOC(=O)C=C(C)C1=CCC2C3CC=C4CC(OC(C)=O)CCC4(C)C3CCC12C. The van der Waals surface area contributed by atoms with Crippen molar-refractivity contribution >= 4 is 11.9 Å². The van der Waals surface area contributed by atoms with Crippen molar-refractivity contribution in [2.45, 2.75) is 85.7 Å². The van der Waals surface area contributed by atoms with Gasteiger partial charge in [0.2, 0.25) is 0 Å². The third-order valence-electron chi connectivity index (χ3n) is 9.02. The highest BCUT2D eigenvalue weighted by Crippen LogP contribution is 2.65. The van der Waals surface area contributed by atoms with Crippen LogP contribution in [0, 0.1) is 28.6 Å². The minimum Gasteiger partial charge on any atom is -0.463 e. The first-order valence-electron chi connectivity index (χ1n) is 12.1. The highest BCUT2D eigenvalue weighted by Gasteiger charge is 2.56. The summed E-state index contributed by atoms with van der Waals surface area (Å²) in [5, 5.41) is 0. The average Bonchev–Trinajstić information content (AvgIpc) is 3.05. The summed E-state index contributed by atoms with van der Waals surface area (Å²) < 4.78 is 10.7. The molecule has 0 amide bonds. The van der Waals surface area contributed by atoms with Crippen LogP contribution in [0.25, 0.3) is 0 Å². The van der Waals surface area contributed by atoms with Gasteiger partial charge in [-0.2, -0.15) is 0 Å². The molecule has 170 valence electrons. The van der Waals surface area contributed by atoms with Gasteiger partial charge in [-0.3, -0.25) is 4.79 Å². The van der Waals surface area contributed by atoms with Crippen molar-refractivity contribution in [1.82, 2.24) is 0 Å². The predicted molar refractivity (Wildman–Crippen MR) is 121 cm³/mol. The molecule has 4 heteroatoms. The Bertz CT molecular complexity index is 849. The lowest BCUT2D eigenvalue weighted by Gasteiger charge is -2.58. The second-order valence-corrected chi connectivity index (χ2v) is 10.6. The van der Waals surface area contributed by atoms with E-state index in [4.69, 9.17) is 9.47 Å². The summed E-state index contributed by atoms with van der Waals surface area (Å²) in [6.07, 6.45) is 14.3. The molecule has 0 heterocycles. The summed E-state index contributed by atoms with van der Waals surface area (Å²) in [4.78, 5) is 23.5. The number of ether oxygens (including phenoxy) is 2. The zero-order valence-electron chi connectivity index (χ0n) is 19.8. The van der Waals surface area contributed by atoms with E-state index in [-0.39, 0.29) is 28.9 Å². The van der Waals surface area contributed by atoms with Crippen molar-refractivity contribution < 1.29 is 19.1 Å². The minimum atomic E-state index is -0.232. The van der Waals surface area contributed by atoms with Crippen LogP contribution in [-0.4, -0.2) is 24.6 Å². The van der Waals surface area contributed by atoms with E-state index >= 15 is 0 Å². The fourth-order valence-electron chi connectivity index (χ4n) is 7.58. The fourth-order valence-corrected chi connectivity index (χ4v) is 7.58. The summed E-state index contributed by atoms with van der Waals surface area (Å²) in [6.45, 7) is 10.7. The molecule has 0 aromatic carbocycles. The molecule has 4 aliphatic rings. The van der Waals surface area contributed by atoms with Crippen LogP contribution in [0.1, 0.15) is 79.6 Å². The quantitative estimate of drug-likeness (QED) is 0.318. The van der Waals surface area contributed by atoms with E-state index in [0.29, 0.717) is 24.4 Å². The lowest BCUT2D eigenvalue weighted by Crippen LogP contribution is -2.50. The first kappa shape index (κ1) is 22.4. The van der Waals surface area contributed by atoms with E-state index < -0.39 is 0 Å². The molecule has 2 fully saturated rings. The Labute approximate surface area is 187 Å². The lowest BCUT2D eigenvalue weighted by atomic mass is 9.47. The van der Waals surface area contributed by atoms with Crippen LogP contribution in [0.5, 0.6) is 0 Å². The van der Waals surface area contributed by atoms with Gasteiger partial charge in [-0.1, -0.05) is 31.6 Å². The van der Waals surface area contributed by atoms with Gasteiger partial charge >= 0.3 is 11.9 Å². The van der Waals surface area contributed by atoms with Crippen LogP contribution in [0.3, 0.4) is 0 Å². The molecule has 6 atom stereocenters. The number of hydrogen-bond acceptors (Lipinski definition) is 4. The van der Waals surface area contributed by atoms with Crippen LogP contribution >= 0.6 is 0 Å². The first-order valence-corrected chi connectivity index (χ1v) is 12.1. The minimum absolute atomic E-state index is 0.0534. The molecule has 31 heavy (non-hydrogen) atoms. The Morgan fingerprint density at radius 3 is 2.52 bits per heavy atom. The summed E-state index contributed by atoms with van der Waals surface area (Å²) in [5.41, 5.74) is 4.34. The van der Waals surface area contributed by atoms with Gasteiger partial charge in [0.15, 0.2) is 0 Å². The molecule has 0 aliphatic heterocycles. The molecule has 0 bridgehead atoms. The smallest absolute Gasteiger partial charge is 0.331 e. The maximum Gasteiger partial charge on any atom is 0.331 e. The van der Waals surface area contributed by atoms with Crippen molar-refractivity contribution in [3.8, 4) is 0 Å². The Hall–Kier alpha value is -1.84. The van der Waals surface area contributed by atoms with Gasteiger partial charge in [0, 0.05) is 19.4 Å². The third kappa shape index (κ3) is 3.81. The molecule has 0 N–H and O–H groups in total. The van der Waals surface area contributed by atoms with E-state index in [1.54, 1.807) is 6.08 Å². The van der Waals surface area contributed by atoms with Crippen LogP contribution in [-0.2, 0) is 19.1 Å². The molecule has 2 saturated carbocycles. The van der Waals surface area contributed by atoms with Gasteiger partial charge in [-0.15, -0.1) is 0 Å². The van der Waals surface area contributed by atoms with Gasteiger partial charge in [-0.05, 0) is 92.1 Å². The molecular weight excluding hydrogens is 388 g/mol. The van der Waals surface area contributed by atoms with Crippen molar-refractivity contribution in [1.29, 1.82) is 0 Å². The number of rotatable bonds is 4. The molecule has 0 saturated heterocycles. The van der Waals surface area contributed by atoms with E-state index in [1.165, 1.54) is 30.9 Å². The Kier molecular flexibility index (Phi) is 5.95. The van der Waals surface area contributed by atoms with Crippen LogP contribution in [0.15, 0.2) is 34.9 Å². The number of fused-ring (bicyclic) bond motifs is 5. The maximum atomic E-state index is 12.0. The van der Waals surface area contributed by atoms with Crippen molar-refractivity contribution in [2.24, 2.45) is 28.6 Å². The molecular formula is C27H38O4. The summed E-state index contributed by atoms with van der Waals surface area (Å²) in [7, 11) is 0. The van der Waals surface area contributed by atoms with E-state index in [9.17, 15) is 9.59 Å². The monoisotopic (exact) mass is 426 g/mol. The zero-order chi connectivity index (χ0) is 22.4. The van der Waals surface area contributed by atoms with Gasteiger partial charge in [0.25, 0.3) is 0 Å². The molecule has 0 radical (unpaired) electrons. The molecule has 0 spiro atoms. The highest BCUT2D eigenvalue weighted by atomic mass is 16.5. The normalized spacial score (nSPS) is 39.5. The highest BCUT2D eigenvalue weighted by molar-refractivity contribution is 5.83. The second kappa shape index (κ2) is 8.26. The number of carbonyl (C=O) groups excluding carboxylic acids is 2. The van der Waals surface area contributed by atoms with E-state index in [2.05, 4.69) is 32.9 Å². The number of esters is 2. The van der Waals surface area contributed by atoms with Crippen LogP contribution < -0.4 is 0 Å². The lowest BCUT2D eigenvalue weighted by molar-refractivity contribution is -0.148. The third-order valence-corrected chi connectivity index (χ3v) is 9.02. The largest absolute Gasteiger partial charge is 0.463 e. The predicted octanol–water partition coefficient (Wildman–Crippen LogP) is 5.93. The molecule has 0 aromatic heterocycles. The van der Waals surface area contributed by atoms with E-state index in [1.807, 2.05) is 6.92 Å². The Balaban J connectivity index is 1.54.